The van der Waals surface area contributed by atoms with Gasteiger partial charge in [-0.1, -0.05) is 42.5 Å². The minimum absolute atomic E-state index is 0.0531. The molecule has 0 radical (unpaired) electrons. The van der Waals surface area contributed by atoms with Crippen molar-refractivity contribution in [3.63, 3.8) is 0 Å². The Labute approximate surface area is 200 Å². The van der Waals surface area contributed by atoms with Crippen molar-refractivity contribution in [1.29, 1.82) is 0 Å². The van der Waals surface area contributed by atoms with Gasteiger partial charge in [0.2, 0.25) is 11.8 Å². The van der Waals surface area contributed by atoms with Gasteiger partial charge >= 0.3 is 0 Å². The quantitative estimate of drug-likeness (QED) is 0.420. The van der Waals surface area contributed by atoms with Crippen LogP contribution in [0.2, 0.25) is 0 Å². The lowest BCUT2D eigenvalue weighted by Gasteiger charge is -2.21. The van der Waals surface area contributed by atoms with E-state index in [0.29, 0.717) is 36.2 Å². The monoisotopic (exact) mass is 457 g/mol. The van der Waals surface area contributed by atoms with Crippen LogP contribution in [-0.4, -0.2) is 35.8 Å². The first kappa shape index (κ1) is 23.5. The molecule has 0 atom stereocenters. The standard InChI is InChI=1S/C28H31N3O3/c1-20-12-13-21(2)25(18-20)30-28(33)19-31(22-14-15-22)17-16-27(32)29-24-10-6-7-11-26(24)34-23-8-4-3-5-9-23/h3-13,18,22H,14-17,19H2,1-2H3,(H,29,32)(H,30,33). The Morgan fingerprint density at radius 2 is 1.59 bits per heavy atom. The van der Waals surface area contributed by atoms with E-state index in [2.05, 4.69) is 15.5 Å². The summed E-state index contributed by atoms with van der Waals surface area (Å²) in [5.74, 6) is 1.14. The first-order valence-electron chi connectivity index (χ1n) is 11.7. The fourth-order valence-electron chi connectivity index (χ4n) is 3.81. The molecule has 34 heavy (non-hydrogen) atoms. The van der Waals surface area contributed by atoms with E-state index in [9.17, 15) is 9.59 Å². The van der Waals surface area contributed by atoms with Crippen LogP contribution in [-0.2, 0) is 9.59 Å². The fraction of sp³-hybridized carbons (Fsp3) is 0.286. The Kier molecular flexibility index (Phi) is 7.60. The smallest absolute Gasteiger partial charge is 0.238 e. The molecule has 0 unspecified atom stereocenters. The van der Waals surface area contributed by atoms with Crippen molar-refractivity contribution < 1.29 is 14.3 Å². The van der Waals surface area contributed by atoms with Crippen LogP contribution in [0.4, 0.5) is 11.4 Å². The van der Waals surface area contributed by atoms with Crippen LogP contribution in [0.25, 0.3) is 0 Å². The maximum atomic E-state index is 12.7. The number of carbonyl (C=O) groups is 2. The second-order valence-corrected chi connectivity index (χ2v) is 8.78. The zero-order valence-corrected chi connectivity index (χ0v) is 19.7. The molecular weight excluding hydrogens is 426 g/mol. The van der Waals surface area contributed by atoms with Crippen LogP contribution in [0.1, 0.15) is 30.4 Å². The minimum atomic E-state index is -0.107. The molecule has 176 valence electrons. The molecule has 2 amide bonds. The van der Waals surface area contributed by atoms with E-state index >= 15 is 0 Å². The third-order valence-corrected chi connectivity index (χ3v) is 5.84. The zero-order valence-electron chi connectivity index (χ0n) is 19.7. The van der Waals surface area contributed by atoms with E-state index in [4.69, 9.17) is 4.74 Å². The van der Waals surface area contributed by atoms with E-state index in [0.717, 1.165) is 29.7 Å². The third kappa shape index (κ3) is 6.68. The molecule has 3 aromatic rings. The van der Waals surface area contributed by atoms with Gasteiger partial charge in [0.25, 0.3) is 0 Å². The molecule has 0 bridgehead atoms. The predicted molar refractivity (Wildman–Crippen MR) is 135 cm³/mol. The number of hydrogen-bond donors (Lipinski definition) is 2. The summed E-state index contributed by atoms with van der Waals surface area (Å²) in [6.07, 6.45) is 2.42. The van der Waals surface area contributed by atoms with Gasteiger partial charge in [-0.3, -0.25) is 14.5 Å². The highest BCUT2D eigenvalue weighted by Gasteiger charge is 2.30. The van der Waals surface area contributed by atoms with Crippen molar-refractivity contribution in [1.82, 2.24) is 4.90 Å². The normalized spacial score (nSPS) is 12.9. The Bertz CT molecular complexity index is 1140. The molecule has 6 heteroatoms. The lowest BCUT2D eigenvalue weighted by molar-refractivity contribution is -0.119. The topological polar surface area (TPSA) is 70.7 Å². The summed E-state index contributed by atoms with van der Waals surface area (Å²) in [6.45, 7) is 4.79. The lowest BCUT2D eigenvalue weighted by Crippen LogP contribution is -2.37. The van der Waals surface area contributed by atoms with E-state index < -0.39 is 0 Å². The molecule has 0 aliphatic heterocycles. The van der Waals surface area contributed by atoms with Gasteiger partial charge in [0.05, 0.1) is 12.2 Å². The number of carbonyl (C=O) groups excluding carboxylic acids is 2. The highest BCUT2D eigenvalue weighted by Crippen LogP contribution is 2.30. The van der Waals surface area contributed by atoms with Crippen molar-refractivity contribution in [2.75, 3.05) is 23.7 Å². The van der Waals surface area contributed by atoms with Crippen LogP contribution < -0.4 is 15.4 Å². The molecule has 1 aliphatic carbocycles. The molecule has 2 N–H and O–H groups in total. The second kappa shape index (κ2) is 11.0. The summed E-state index contributed by atoms with van der Waals surface area (Å²) < 4.78 is 5.93. The van der Waals surface area contributed by atoms with Crippen molar-refractivity contribution in [2.24, 2.45) is 0 Å². The van der Waals surface area contributed by atoms with Crippen LogP contribution in [0, 0.1) is 13.8 Å². The number of anilines is 2. The number of hydrogen-bond acceptors (Lipinski definition) is 4. The van der Waals surface area contributed by atoms with Gasteiger partial charge in [-0.15, -0.1) is 0 Å². The first-order valence-corrected chi connectivity index (χ1v) is 11.7. The molecule has 1 fully saturated rings. The van der Waals surface area contributed by atoms with E-state index in [1.54, 1.807) is 0 Å². The van der Waals surface area contributed by atoms with Gasteiger partial charge in [-0.05, 0) is 68.1 Å². The number of amides is 2. The molecule has 1 saturated carbocycles. The van der Waals surface area contributed by atoms with Crippen molar-refractivity contribution in [2.45, 2.75) is 39.2 Å². The largest absolute Gasteiger partial charge is 0.455 e. The fourth-order valence-corrected chi connectivity index (χ4v) is 3.81. The Morgan fingerprint density at radius 1 is 0.882 bits per heavy atom. The molecule has 0 aromatic heterocycles. The number of aryl methyl sites for hydroxylation is 2. The molecule has 0 saturated heterocycles. The number of benzene rings is 3. The average Bonchev–Trinajstić information content (AvgIpc) is 3.66. The third-order valence-electron chi connectivity index (χ3n) is 5.84. The second-order valence-electron chi connectivity index (χ2n) is 8.78. The Balaban J connectivity index is 1.32. The maximum Gasteiger partial charge on any atom is 0.238 e. The van der Waals surface area contributed by atoms with Crippen molar-refractivity contribution >= 4 is 23.2 Å². The van der Waals surface area contributed by atoms with Gasteiger partial charge in [0.15, 0.2) is 5.75 Å². The van der Waals surface area contributed by atoms with Gasteiger partial charge < -0.3 is 15.4 Å². The Hall–Kier alpha value is -3.64. The average molecular weight is 458 g/mol. The molecule has 0 heterocycles. The van der Waals surface area contributed by atoms with Gasteiger partial charge in [0.1, 0.15) is 5.75 Å². The number of nitrogens with one attached hydrogen (secondary N) is 2. The maximum absolute atomic E-state index is 12.7. The summed E-state index contributed by atoms with van der Waals surface area (Å²) in [4.78, 5) is 27.5. The number of para-hydroxylation sites is 3. The highest BCUT2D eigenvalue weighted by molar-refractivity contribution is 5.94. The summed E-state index contributed by atoms with van der Waals surface area (Å²) in [5.41, 5.74) is 3.61. The van der Waals surface area contributed by atoms with E-state index in [1.165, 1.54) is 0 Å². The Morgan fingerprint density at radius 3 is 2.35 bits per heavy atom. The van der Waals surface area contributed by atoms with Crippen LogP contribution in [0.5, 0.6) is 11.5 Å². The summed E-state index contributed by atoms with van der Waals surface area (Å²) in [7, 11) is 0. The molecule has 6 nitrogen and oxygen atoms in total. The number of ether oxygens (including phenoxy) is 1. The predicted octanol–water partition coefficient (Wildman–Crippen LogP) is 5.53. The zero-order chi connectivity index (χ0) is 23.9. The molecule has 4 rings (SSSR count). The van der Waals surface area contributed by atoms with Crippen molar-refractivity contribution in [3.05, 3.63) is 83.9 Å². The lowest BCUT2D eigenvalue weighted by atomic mass is 10.1. The summed E-state index contributed by atoms with van der Waals surface area (Å²) >= 11 is 0. The SMILES string of the molecule is Cc1ccc(C)c(NC(=O)CN(CCC(=O)Nc2ccccc2Oc2ccccc2)C2CC2)c1. The van der Waals surface area contributed by atoms with Crippen molar-refractivity contribution in [3.8, 4) is 11.5 Å². The molecule has 3 aromatic carbocycles. The number of rotatable bonds is 10. The first-order chi connectivity index (χ1) is 16.5. The van der Waals surface area contributed by atoms with Crippen LogP contribution >= 0.6 is 0 Å². The van der Waals surface area contributed by atoms with E-state index in [1.807, 2.05) is 86.6 Å². The molecular formula is C28H31N3O3. The minimum Gasteiger partial charge on any atom is -0.455 e. The molecule has 0 spiro atoms. The van der Waals surface area contributed by atoms with Crippen LogP contribution in [0.3, 0.4) is 0 Å². The van der Waals surface area contributed by atoms with Gasteiger partial charge in [-0.25, -0.2) is 0 Å². The summed E-state index contributed by atoms with van der Waals surface area (Å²) in [5, 5.41) is 5.99. The van der Waals surface area contributed by atoms with Crippen LogP contribution in [0.15, 0.2) is 72.8 Å². The highest BCUT2D eigenvalue weighted by atomic mass is 16.5. The summed E-state index contributed by atoms with van der Waals surface area (Å²) in [6, 6.07) is 23.2. The number of nitrogens with zero attached hydrogens (tertiary/aromatic N) is 1. The molecule has 1 aliphatic rings. The van der Waals surface area contributed by atoms with Gasteiger partial charge in [0, 0.05) is 24.7 Å². The van der Waals surface area contributed by atoms with E-state index in [-0.39, 0.29) is 18.4 Å². The van der Waals surface area contributed by atoms with Gasteiger partial charge in [-0.2, -0.15) is 0 Å².